The number of rotatable bonds is 3. The normalized spacial score (nSPS) is 18.7. The summed E-state index contributed by atoms with van der Waals surface area (Å²) in [5, 5.41) is 14.3. The highest BCUT2D eigenvalue weighted by Gasteiger charge is 2.22. The van der Waals surface area contributed by atoms with Gasteiger partial charge in [0.15, 0.2) is 0 Å². The molecule has 1 N–H and O–H groups in total. The monoisotopic (exact) mass is 259 g/mol. The summed E-state index contributed by atoms with van der Waals surface area (Å²) in [4.78, 5) is 2.39. The summed E-state index contributed by atoms with van der Waals surface area (Å²) >= 11 is 1.75. The molecular formula is C15H17NOS. The Labute approximate surface area is 112 Å². The number of para-hydroxylation sites is 1. The van der Waals surface area contributed by atoms with E-state index in [1.165, 1.54) is 11.3 Å². The highest BCUT2D eigenvalue weighted by atomic mass is 32.1. The second-order valence-corrected chi connectivity index (χ2v) is 5.51. The van der Waals surface area contributed by atoms with E-state index in [1.807, 2.05) is 12.1 Å². The largest absolute Gasteiger partial charge is 0.388 e. The van der Waals surface area contributed by atoms with Crippen molar-refractivity contribution < 1.29 is 5.11 Å². The Morgan fingerprint density at radius 2 is 2.17 bits per heavy atom. The fourth-order valence-corrected chi connectivity index (χ4v) is 3.25. The summed E-state index contributed by atoms with van der Waals surface area (Å²) < 4.78 is 0. The molecule has 0 aliphatic carbocycles. The van der Waals surface area contributed by atoms with E-state index < -0.39 is 0 Å². The van der Waals surface area contributed by atoms with Crippen molar-refractivity contribution in [2.45, 2.75) is 18.9 Å². The number of hydrogen-bond acceptors (Lipinski definition) is 3. The summed E-state index contributed by atoms with van der Waals surface area (Å²) in [5.74, 6) is 0. The van der Waals surface area contributed by atoms with E-state index in [-0.39, 0.29) is 6.10 Å². The van der Waals surface area contributed by atoms with E-state index >= 15 is 0 Å². The predicted octanol–water partition coefficient (Wildman–Crippen LogP) is 3.23. The first-order chi connectivity index (χ1) is 8.84. The maximum atomic E-state index is 10.0. The summed E-state index contributed by atoms with van der Waals surface area (Å²) in [6, 6.07) is 10.4. The van der Waals surface area contributed by atoms with Crippen LogP contribution in [-0.2, 0) is 6.42 Å². The van der Waals surface area contributed by atoms with Gasteiger partial charge in [0.05, 0.1) is 6.10 Å². The van der Waals surface area contributed by atoms with Crippen LogP contribution in [0.5, 0.6) is 0 Å². The highest BCUT2D eigenvalue weighted by Crippen LogP contribution is 2.33. The minimum atomic E-state index is -0.293. The van der Waals surface area contributed by atoms with Crippen molar-refractivity contribution in [1.82, 2.24) is 0 Å². The lowest BCUT2D eigenvalue weighted by atomic mass is 9.98. The molecule has 1 unspecified atom stereocenters. The topological polar surface area (TPSA) is 23.5 Å². The fraction of sp³-hybridized carbons (Fsp3) is 0.333. The van der Waals surface area contributed by atoms with Crippen LogP contribution in [0.4, 0.5) is 5.69 Å². The Hall–Kier alpha value is -1.32. The van der Waals surface area contributed by atoms with E-state index in [9.17, 15) is 5.11 Å². The van der Waals surface area contributed by atoms with Gasteiger partial charge in [0.25, 0.3) is 0 Å². The lowest BCUT2D eigenvalue weighted by Crippen LogP contribution is -2.32. The van der Waals surface area contributed by atoms with Gasteiger partial charge in [0.1, 0.15) is 0 Å². The Morgan fingerprint density at radius 1 is 1.28 bits per heavy atom. The quantitative estimate of drug-likeness (QED) is 0.914. The Bertz CT molecular complexity index is 509. The minimum absolute atomic E-state index is 0.293. The van der Waals surface area contributed by atoms with E-state index in [0.717, 1.165) is 31.5 Å². The van der Waals surface area contributed by atoms with Gasteiger partial charge in [-0.3, -0.25) is 0 Å². The van der Waals surface area contributed by atoms with Gasteiger partial charge >= 0.3 is 0 Å². The molecule has 3 rings (SSSR count). The molecule has 0 radical (unpaired) electrons. The molecule has 2 heterocycles. The average Bonchev–Trinajstić information content (AvgIpc) is 2.92. The summed E-state index contributed by atoms with van der Waals surface area (Å²) in [7, 11) is 0. The van der Waals surface area contributed by atoms with Crippen LogP contribution in [0, 0.1) is 0 Å². The molecule has 0 saturated heterocycles. The van der Waals surface area contributed by atoms with E-state index in [2.05, 4.69) is 33.9 Å². The maximum absolute atomic E-state index is 10.0. The molecule has 0 spiro atoms. The van der Waals surface area contributed by atoms with Crippen LogP contribution in [0.2, 0.25) is 0 Å². The maximum Gasteiger partial charge on any atom is 0.0826 e. The molecule has 0 bridgehead atoms. The highest BCUT2D eigenvalue weighted by molar-refractivity contribution is 7.07. The Kier molecular flexibility index (Phi) is 3.35. The molecule has 0 amide bonds. The SMILES string of the molecule is OC1CCN(CCc2ccsc2)c2ccccc21. The summed E-state index contributed by atoms with van der Waals surface area (Å²) in [6.45, 7) is 1.97. The van der Waals surface area contributed by atoms with Gasteiger partial charge in [-0.25, -0.2) is 0 Å². The average molecular weight is 259 g/mol. The second kappa shape index (κ2) is 5.12. The van der Waals surface area contributed by atoms with Gasteiger partial charge < -0.3 is 10.0 Å². The molecule has 2 nitrogen and oxygen atoms in total. The number of fused-ring (bicyclic) bond motifs is 1. The molecule has 0 fully saturated rings. The standard InChI is InChI=1S/C15H17NOS/c17-15-6-9-16(8-5-12-7-10-18-11-12)14-4-2-1-3-13(14)15/h1-4,7,10-11,15,17H,5-6,8-9H2. The van der Waals surface area contributed by atoms with E-state index in [4.69, 9.17) is 0 Å². The van der Waals surface area contributed by atoms with Crippen LogP contribution >= 0.6 is 11.3 Å². The van der Waals surface area contributed by atoms with Gasteiger partial charge in [-0.2, -0.15) is 11.3 Å². The number of anilines is 1. The zero-order valence-corrected chi connectivity index (χ0v) is 11.1. The first-order valence-electron chi connectivity index (χ1n) is 6.37. The number of aliphatic hydroxyl groups excluding tert-OH is 1. The molecular weight excluding hydrogens is 242 g/mol. The van der Waals surface area contributed by atoms with E-state index in [0.29, 0.717) is 0 Å². The minimum Gasteiger partial charge on any atom is -0.388 e. The van der Waals surface area contributed by atoms with Gasteiger partial charge in [-0.1, -0.05) is 18.2 Å². The second-order valence-electron chi connectivity index (χ2n) is 4.73. The van der Waals surface area contributed by atoms with Crippen LogP contribution in [-0.4, -0.2) is 18.2 Å². The van der Waals surface area contributed by atoms with Crippen molar-refractivity contribution >= 4 is 17.0 Å². The molecule has 1 aromatic heterocycles. The third-order valence-corrected chi connectivity index (χ3v) is 4.29. The van der Waals surface area contributed by atoms with E-state index in [1.54, 1.807) is 11.3 Å². The molecule has 2 aromatic rings. The summed E-state index contributed by atoms with van der Waals surface area (Å²) in [5.41, 5.74) is 3.68. The number of thiophene rings is 1. The van der Waals surface area contributed by atoms with Crippen LogP contribution in [0.3, 0.4) is 0 Å². The van der Waals surface area contributed by atoms with Crippen molar-refractivity contribution in [3.05, 3.63) is 52.2 Å². The molecule has 1 atom stereocenters. The molecule has 3 heteroatoms. The zero-order valence-electron chi connectivity index (χ0n) is 10.2. The lowest BCUT2D eigenvalue weighted by molar-refractivity contribution is 0.164. The van der Waals surface area contributed by atoms with Crippen LogP contribution in [0.1, 0.15) is 23.7 Å². The number of nitrogens with zero attached hydrogens (tertiary/aromatic N) is 1. The molecule has 1 aromatic carbocycles. The van der Waals surface area contributed by atoms with Crippen molar-refractivity contribution in [3.63, 3.8) is 0 Å². The first-order valence-corrected chi connectivity index (χ1v) is 7.32. The van der Waals surface area contributed by atoms with Gasteiger partial charge in [-0.15, -0.1) is 0 Å². The summed E-state index contributed by atoms with van der Waals surface area (Å²) in [6.07, 6.45) is 1.62. The Morgan fingerprint density at radius 3 is 3.00 bits per heavy atom. The molecule has 1 aliphatic rings. The van der Waals surface area contributed by atoms with Crippen molar-refractivity contribution in [2.24, 2.45) is 0 Å². The van der Waals surface area contributed by atoms with Crippen molar-refractivity contribution in [2.75, 3.05) is 18.0 Å². The van der Waals surface area contributed by atoms with Crippen LogP contribution in [0.25, 0.3) is 0 Å². The third kappa shape index (κ3) is 2.28. The van der Waals surface area contributed by atoms with Gasteiger partial charge in [0.2, 0.25) is 0 Å². The van der Waals surface area contributed by atoms with Gasteiger partial charge in [-0.05, 0) is 41.3 Å². The fourth-order valence-electron chi connectivity index (χ4n) is 2.54. The van der Waals surface area contributed by atoms with Crippen LogP contribution in [0.15, 0.2) is 41.1 Å². The molecule has 1 aliphatic heterocycles. The number of hydrogen-bond donors (Lipinski definition) is 1. The predicted molar refractivity (Wildman–Crippen MR) is 76.3 cm³/mol. The third-order valence-electron chi connectivity index (χ3n) is 3.56. The number of aliphatic hydroxyl groups is 1. The first kappa shape index (κ1) is 11.8. The van der Waals surface area contributed by atoms with Crippen molar-refractivity contribution in [1.29, 1.82) is 0 Å². The zero-order chi connectivity index (χ0) is 12.4. The number of benzene rings is 1. The molecule has 94 valence electrons. The van der Waals surface area contributed by atoms with Crippen molar-refractivity contribution in [3.8, 4) is 0 Å². The lowest BCUT2D eigenvalue weighted by Gasteiger charge is -2.33. The smallest absolute Gasteiger partial charge is 0.0826 e. The molecule has 18 heavy (non-hydrogen) atoms. The van der Waals surface area contributed by atoms with Crippen LogP contribution < -0.4 is 4.90 Å². The Balaban J connectivity index is 1.76. The molecule has 0 saturated carbocycles. The van der Waals surface area contributed by atoms with Gasteiger partial charge in [0, 0.05) is 24.3 Å².